The van der Waals surface area contributed by atoms with Crippen molar-refractivity contribution in [3.05, 3.63) is 22.6 Å². The molecule has 0 saturated heterocycles. The van der Waals surface area contributed by atoms with E-state index in [1.54, 1.807) is 0 Å². The molecule has 6 heteroatoms. The molecule has 0 fully saturated rings. The summed E-state index contributed by atoms with van der Waals surface area (Å²) in [6, 6.07) is 0. The summed E-state index contributed by atoms with van der Waals surface area (Å²) >= 11 is 1.37. The number of anilines is 2. The third-order valence-electron chi connectivity index (χ3n) is 2.57. The first-order valence-electron chi connectivity index (χ1n) is 4.97. The van der Waals surface area contributed by atoms with Gasteiger partial charge in [0.15, 0.2) is 0 Å². The molecule has 86 valence electrons. The maximum absolute atomic E-state index is 5.68. The fourth-order valence-corrected chi connectivity index (χ4v) is 2.14. The lowest BCUT2D eigenvalue weighted by Crippen LogP contribution is -2.01. The Balaban J connectivity index is 2.11. The average molecular weight is 238 g/mol. The van der Waals surface area contributed by atoms with Crippen LogP contribution in [0.1, 0.15) is 22.6 Å². The Kier molecular flexibility index (Phi) is 2.82. The summed E-state index contributed by atoms with van der Waals surface area (Å²) in [5.41, 5.74) is 8.68. The third-order valence-corrected chi connectivity index (χ3v) is 3.49. The summed E-state index contributed by atoms with van der Waals surface area (Å²) in [6.45, 7) is 6.48. The maximum atomic E-state index is 5.68. The highest BCUT2D eigenvalue weighted by Crippen LogP contribution is 2.26. The minimum absolute atomic E-state index is 0.589. The molecule has 0 spiro atoms. The first-order valence-corrected chi connectivity index (χ1v) is 5.74. The summed E-state index contributed by atoms with van der Waals surface area (Å²) in [4.78, 5) is 0. The molecule has 0 aliphatic carbocycles. The number of nitrogens with zero attached hydrogens (tertiary/aromatic N) is 2. The van der Waals surface area contributed by atoms with Crippen LogP contribution in [0.3, 0.4) is 0 Å². The van der Waals surface area contributed by atoms with Gasteiger partial charge in [-0.2, -0.15) is 4.37 Å². The van der Waals surface area contributed by atoms with Crippen LogP contribution in [0.5, 0.6) is 0 Å². The van der Waals surface area contributed by atoms with Crippen molar-refractivity contribution in [1.29, 1.82) is 0 Å². The van der Waals surface area contributed by atoms with E-state index < -0.39 is 0 Å². The molecule has 5 nitrogen and oxygen atoms in total. The monoisotopic (exact) mass is 238 g/mol. The first kappa shape index (κ1) is 10.9. The summed E-state index contributed by atoms with van der Waals surface area (Å²) in [7, 11) is 0. The Hall–Kier alpha value is -1.56. The van der Waals surface area contributed by atoms with Crippen LogP contribution in [0.4, 0.5) is 10.8 Å². The number of hydrogen-bond donors (Lipinski definition) is 2. The van der Waals surface area contributed by atoms with Crippen molar-refractivity contribution in [3.63, 3.8) is 0 Å². The molecular formula is C10H14N4OS. The molecule has 2 rings (SSSR count). The van der Waals surface area contributed by atoms with E-state index in [0.717, 1.165) is 27.6 Å². The summed E-state index contributed by atoms with van der Waals surface area (Å²) < 4.78 is 9.17. The molecular weight excluding hydrogens is 224 g/mol. The van der Waals surface area contributed by atoms with Gasteiger partial charge in [0.25, 0.3) is 0 Å². The van der Waals surface area contributed by atoms with Crippen LogP contribution in [0.15, 0.2) is 4.52 Å². The smallest absolute Gasteiger partial charge is 0.142 e. The van der Waals surface area contributed by atoms with Gasteiger partial charge in [0.2, 0.25) is 0 Å². The van der Waals surface area contributed by atoms with Gasteiger partial charge in [0, 0.05) is 17.7 Å². The summed E-state index contributed by atoms with van der Waals surface area (Å²) in [5.74, 6) is 1.44. The van der Waals surface area contributed by atoms with E-state index >= 15 is 0 Å². The number of aromatic nitrogens is 2. The van der Waals surface area contributed by atoms with E-state index in [0.29, 0.717) is 12.4 Å². The zero-order valence-electron chi connectivity index (χ0n) is 9.50. The van der Waals surface area contributed by atoms with Crippen molar-refractivity contribution in [2.75, 3.05) is 11.1 Å². The van der Waals surface area contributed by atoms with E-state index in [4.69, 9.17) is 10.3 Å². The van der Waals surface area contributed by atoms with Crippen molar-refractivity contribution in [2.24, 2.45) is 0 Å². The molecule has 0 bridgehead atoms. The molecule has 3 N–H and O–H groups in total. The molecule has 16 heavy (non-hydrogen) atoms. The van der Waals surface area contributed by atoms with Crippen LogP contribution in [-0.2, 0) is 6.54 Å². The Labute approximate surface area is 97.8 Å². The van der Waals surface area contributed by atoms with Crippen LogP contribution in [0, 0.1) is 20.8 Å². The highest BCUT2D eigenvalue weighted by Gasteiger charge is 2.11. The second kappa shape index (κ2) is 4.13. The topological polar surface area (TPSA) is 77.0 Å². The second-order valence-corrected chi connectivity index (χ2v) is 4.45. The molecule has 0 saturated carbocycles. The molecule has 2 aromatic rings. The Morgan fingerprint density at radius 3 is 2.62 bits per heavy atom. The van der Waals surface area contributed by atoms with E-state index in [1.807, 2.05) is 20.8 Å². The lowest BCUT2D eigenvalue weighted by atomic mass is 10.2. The van der Waals surface area contributed by atoms with Gasteiger partial charge in [0.1, 0.15) is 16.6 Å². The molecule has 2 heterocycles. The highest BCUT2D eigenvalue weighted by molar-refractivity contribution is 7.10. The number of nitrogens with one attached hydrogen (secondary N) is 1. The van der Waals surface area contributed by atoms with Crippen LogP contribution < -0.4 is 11.1 Å². The van der Waals surface area contributed by atoms with Gasteiger partial charge in [0.05, 0.1) is 5.69 Å². The van der Waals surface area contributed by atoms with Crippen LogP contribution in [-0.4, -0.2) is 9.53 Å². The standard InChI is InChI=1S/C10H14N4OS/c1-5-9(11)14-16-10(5)12-4-8-6(2)13-15-7(8)3/h12H,4H2,1-3H3,(H2,11,14). The Bertz CT molecular complexity index is 483. The number of nitrogen functional groups attached to an aromatic ring is 1. The molecule has 0 atom stereocenters. The molecule has 0 aliphatic heterocycles. The van der Waals surface area contributed by atoms with E-state index in [2.05, 4.69) is 14.8 Å². The molecule has 0 aliphatic rings. The summed E-state index contributed by atoms with van der Waals surface area (Å²) in [5, 5.41) is 8.20. The van der Waals surface area contributed by atoms with Crippen LogP contribution in [0.25, 0.3) is 0 Å². The fraction of sp³-hybridized carbons (Fsp3) is 0.400. The lowest BCUT2D eigenvalue weighted by Gasteiger charge is -2.03. The SMILES string of the molecule is Cc1noc(C)c1CNc1snc(N)c1C. The minimum atomic E-state index is 0.589. The quantitative estimate of drug-likeness (QED) is 0.857. The molecule has 0 unspecified atom stereocenters. The third kappa shape index (κ3) is 1.88. The first-order chi connectivity index (χ1) is 7.59. The van der Waals surface area contributed by atoms with Gasteiger partial charge >= 0.3 is 0 Å². The van der Waals surface area contributed by atoms with Crippen molar-refractivity contribution in [3.8, 4) is 0 Å². The van der Waals surface area contributed by atoms with Crippen LogP contribution >= 0.6 is 11.5 Å². The molecule has 2 aromatic heterocycles. The van der Waals surface area contributed by atoms with Gasteiger partial charge in [-0.05, 0) is 32.3 Å². The summed E-state index contributed by atoms with van der Waals surface area (Å²) in [6.07, 6.45) is 0. The van der Waals surface area contributed by atoms with Crippen molar-refractivity contribution < 1.29 is 4.52 Å². The van der Waals surface area contributed by atoms with E-state index in [9.17, 15) is 0 Å². The van der Waals surface area contributed by atoms with Crippen molar-refractivity contribution in [1.82, 2.24) is 9.53 Å². The van der Waals surface area contributed by atoms with Crippen LogP contribution in [0.2, 0.25) is 0 Å². The van der Waals surface area contributed by atoms with Gasteiger partial charge in [-0.1, -0.05) is 5.16 Å². The van der Waals surface area contributed by atoms with Crippen molar-refractivity contribution >= 4 is 22.4 Å². The van der Waals surface area contributed by atoms with E-state index in [1.165, 1.54) is 11.5 Å². The normalized spacial score (nSPS) is 10.7. The minimum Gasteiger partial charge on any atom is -0.383 e. The largest absolute Gasteiger partial charge is 0.383 e. The number of nitrogens with two attached hydrogens (primary N) is 1. The van der Waals surface area contributed by atoms with E-state index in [-0.39, 0.29) is 0 Å². The number of hydrogen-bond acceptors (Lipinski definition) is 6. The van der Waals surface area contributed by atoms with Gasteiger partial charge in [-0.25, -0.2) is 0 Å². The van der Waals surface area contributed by atoms with Crippen molar-refractivity contribution in [2.45, 2.75) is 27.3 Å². The lowest BCUT2D eigenvalue weighted by molar-refractivity contribution is 0.392. The number of rotatable bonds is 3. The maximum Gasteiger partial charge on any atom is 0.142 e. The highest BCUT2D eigenvalue weighted by atomic mass is 32.1. The predicted octanol–water partition coefficient (Wildman–Crippen LogP) is 2.25. The Morgan fingerprint density at radius 1 is 1.38 bits per heavy atom. The van der Waals surface area contributed by atoms with Gasteiger partial charge < -0.3 is 15.6 Å². The molecule has 0 aromatic carbocycles. The van der Waals surface area contributed by atoms with Gasteiger partial charge in [-0.3, -0.25) is 0 Å². The molecule has 0 radical (unpaired) electrons. The second-order valence-electron chi connectivity index (χ2n) is 3.68. The average Bonchev–Trinajstić information content (AvgIpc) is 2.73. The van der Waals surface area contributed by atoms with Gasteiger partial charge in [-0.15, -0.1) is 0 Å². The zero-order valence-corrected chi connectivity index (χ0v) is 10.3. The fourth-order valence-electron chi connectivity index (χ4n) is 1.44. The number of aryl methyl sites for hydroxylation is 2. The Morgan fingerprint density at radius 2 is 2.12 bits per heavy atom. The molecule has 0 amide bonds. The zero-order chi connectivity index (χ0) is 11.7. The predicted molar refractivity (Wildman–Crippen MR) is 64.6 cm³/mol.